The van der Waals surface area contributed by atoms with E-state index in [2.05, 4.69) is 5.32 Å². The van der Waals surface area contributed by atoms with Crippen LogP contribution >= 0.6 is 11.6 Å². The van der Waals surface area contributed by atoms with Crippen LogP contribution in [0.25, 0.3) is 0 Å². The van der Waals surface area contributed by atoms with Crippen molar-refractivity contribution in [2.75, 3.05) is 20.3 Å². The molecule has 2 rings (SSSR count). The van der Waals surface area contributed by atoms with E-state index in [0.717, 1.165) is 32.5 Å². The minimum Gasteiger partial charge on any atom is -0.381 e. The number of halogens is 2. The van der Waals surface area contributed by atoms with Gasteiger partial charge in [0.05, 0.1) is 0 Å². The van der Waals surface area contributed by atoms with E-state index < -0.39 is 0 Å². The van der Waals surface area contributed by atoms with Gasteiger partial charge in [0.1, 0.15) is 5.82 Å². The zero-order valence-electron chi connectivity index (χ0n) is 11.3. The number of hydrogen-bond acceptors (Lipinski definition) is 2. The van der Waals surface area contributed by atoms with Crippen molar-refractivity contribution in [3.8, 4) is 0 Å². The highest BCUT2D eigenvalue weighted by molar-refractivity contribution is 6.31. The first-order valence-electron chi connectivity index (χ1n) is 6.88. The highest BCUT2D eigenvalue weighted by Gasteiger charge is 2.20. The van der Waals surface area contributed by atoms with Crippen molar-refractivity contribution in [2.45, 2.75) is 31.7 Å². The quantitative estimate of drug-likeness (QED) is 0.895. The summed E-state index contributed by atoms with van der Waals surface area (Å²) in [4.78, 5) is 0. The first kappa shape index (κ1) is 14.8. The fraction of sp³-hybridized carbons (Fsp3) is 0.600. The molecule has 0 amide bonds. The van der Waals surface area contributed by atoms with Crippen LogP contribution in [0.2, 0.25) is 5.02 Å². The molecule has 19 heavy (non-hydrogen) atoms. The molecule has 0 aliphatic carbocycles. The second kappa shape index (κ2) is 7.22. The van der Waals surface area contributed by atoms with Crippen LogP contribution in [0, 0.1) is 11.7 Å². The Morgan fingerprint density at radius 1 is 1.42 bits per heavy atom. The van der Waals surface area contributed by atoms with Crippen molar-refractivity contribution < 1.29 is 9.13 Å². The summed E-state index contributed by atoms with van der Waals surface area (Å²) in [6, 6.07) is 5.13. The molecule has 1 N–H and O–H groups in total. The summed E-state index contributed by atoms with van der Waals surface area (Å²) in [6.07, 6.45) is 3.89. The van der Waals surface area contributed by atoms with Crippen LogP contribution in [0.15, 0.2) is 18.2 Å². The van der Waals surface area contributed by atoms with Gasteiger partial charge in [0, 0.05) is 29.8 Å². The molecule has 1 aromatic rings. The summed E-state index contributed by atoms with van der Waals surface area (Å²) < 4.78 is 19.2. The Morgan fingerprint density at radius 3 is 2.79 bits per heavy atom. The smallest absolute Gasteiger partial charge is 0.127 e. The van der Waals surface area contributed by atoms with Gasteiger partial charge in [-0.25, -0.2) is 4.39 Å². The third kappa shape index (κ3) is 4.16. The third-order valence-electron chi connectivity index (χ3n) is 3.88. The summed E-state index contributed by atoms with van der Waals surface area (Å²) in [5.74, 6) is 0.455. The SMILES string of the molecule is CNC(Cc1c(F)cccc1Cl)CC1CCOCC1. The Balaban J connectivity index is 1.98. The first-order valence-corrected chi connectivity index (χ1v) is 7.26. The molecule has 1 unspecified atom stereocenters. The van der Waals surface area contributed by atoms with E-state index in [4.69, 9.17) is 16.3 Å². The van der Waals surface area contributed by atoms with Crippen molar-refractivity contribution in [1.29, 1.82) is 0 Å². The standard InChI is InChI=1S/C15H21ClFNO/c1-18-12(9-11-5-7-19-8-6-11)10-13-14(16)3-2-4-15(13)17/h2-4,11-12,18H,5-10H2,1H3. The van der Waals surface area contributed by atoms with Crippen molar-refractivity contribution in [3.63, 3.8) is 0 Å². The average molecular weight is 286 g/mol. The second-order valence-corrected chi connectivity index (χ2v) is 5.59. The largest absolute Gasteiger partial charge is 0.381 e. The summed E-state index contributed by atoms with van der Waals surface area (Å²) in [6.45, 7) is 1.70. The highest BCUT2D eigenvalue weighted by Crippen LogP contribution is 2.25. The Bertz CT molecular complexity index is 387. The van der Waals surface area contributed by atoms with Gasteiger partial charge in [-0.15, -0.1) is 0 Å². The van der Waals surface area contributed by atoms with Crippen molar-refractivity contribution in [1.82, 2.24) is 5.32 Å². The molecule has 0 radical (unpaired) electrons. The number of hydrogen-bond donors (Lipinski definition) is 1. The molecule has 1 saturated heterocycles. The molecule has 1 aromatic carbocycles. The molecular weight excluding hydrogens is 265 g/mol. The van der Waals surface area contributed by atoms with Gasteiger partial charge in [0.15, 0.2) is 0 Å². The van der Waals surface area contributed by atoms with Crippen LogP contribution in [0.1, 0.15) is 24.8 Å². The fourth-order valence-electron chi connectivity index (χ4n) is 2.66. The van der Waals surface area contributed by atoms with Crippen LogP contribution < -0.4 is 5.32 Å². The van der Waals surface area contributed by atoms with Gasteiger partial charge in [-0.2, -0.15) is 0 Å². The van der Waals surface area contributed by atoms with Crippen LogP contribution in [-0.4, -0.2) is 26.3 Å². The molecule has 106 valence electrons. The molecule has 0 bridgehead atoms. The summed E-state index contributed by atoms with van der Waals surface area (Å²) in [5, 5.41) is 3.81. The van der Waals surface area contributed by atoms with Gasteiger partial charge in [-0.1, -0.05) is 17.7 Å². The number of rotatable bonds is 5. The molecule has 1 fully saturated rings. The Morgan fingerprint density at radius 2 is 2.16 bits per heavy atom. The Kier molecular flexibility index (Phi) is 5.61. The molecule has 0 spiro atoms. The first-order chi connectivity index (χ1) is 9.20. The van der Waals surface area contributed by atoms with E-state index in [1.54, 1.807) is 12.1 Å². The van der Waals surface area contributed by atoms with E-state index in [-0.39, 0.29) is 11.9 Å². The van der Waals surface area contributed by atoms with Gasteiger partial charge >= 0.3 is 0 Å². The number of nitrogens with one attached hydrogen (secondary N) is 1. The van der Waals surface area contributed by atoms with Crippen molar-refractivity contribution in [3.05, 3.63) is 34.6 Å². The normalized spacial score (nSPS) is 18.5. The molecular formula is C15H21ClFNO. The lowest BCUT2D eigenvalue weighted by molar-refractivity contribution is 0.0608. The lowest BCUT2D eigenvalue weighted by atomic mass is 9.90. The third-order valence-corrected chi connectivity index (χ3v) is 4.23. The number of likely N-dealkylation sites (N-methyl/N-ethyl adjacent to an activating group) is 1. The Hall–Kier alpha value is -0.640. The lowest BCUT2D eigenvalue weighted by Crippen LogP contribution is -2.32. The van der Waals surface area contributed by atoms with Crippen LogP contribution in [0.3, 0.4) is 0 Å². The highest BCUT2D eigenvalue weighted by atomic mass is 35.5. The molecule has 4 heteroatoms. The van der Waals surface area contributed by atoms with Crippen LogP contribution in [0.5, 0.6) is 0 Å². The topological polar surface area (TPSA) is 21.3 Å². The van der Waals surface area contributed by atoms with Crippen molar-refractivity contribution in [2.24, 2.45) is 5.92 Å². The summed E-state index contributed by atoms with van der Waals surface area (Å²) in [7, 11) is 1.93. The van der Waals surface area contributed by atoms with E-state index in [0.29, 0.717) is 22.9 Å². The van der Waals surface area contributed by atoms with Gasteiger partial charge in [0.2, 0.25) is 0 Å². The van der Waals surface area contributed by atoms with Gasteiger partial charge in [-0.3, -0.25) is 0 Å². The van der Waals surface area contributed by atoms with E-state index in [9.17, 15) is 4.39 Å². The zero-order valence-corrected chi connectivity index (χ0v) is 12.0. The fourth-order valence-corrected chi connectivity index (χ4v) is 2.90. The van der Waals surface area contributed by atoms with Crippen LogP contribution in [0.4, 0.5) is 4.39 Å². The van der Waals surface area contributed by atoms with Crippen molar-refractivity contribution >= 4 is 11.6 Å². The molecule has 1 atom stereocenters. The number of ether oxygens (including phenoxy) is 1. The minimum atomic E-state index is -0.209. The average Bonchev–Trinajstić information content (AvgIpc) is 2.43. The molecule has 2 nitrogen and oxygen atoms in total. The molecule has 1 aliphatic heterocycles. The van der Waals surface area contributed by atoms with Gasteiger partial charge in [0.25, 0.3) is 0 Å². The monoisotopic (exact) mass is 285 g/mol. The minimum absolute atomic E-state index is 0.209. The predicted octanol–water partition coefficient (Wildman–Crippen LogP) is 3.43. The van der Waals surface area contributed by atoms with E-state index in [1.165, 1.54) is 6.07 Å². The summed E-state index contributed by atoms with van der Waals surface area (Å²) in [5.41, 5.74) is 0.621. The van der Waals surface area contributed by atoms with Gasteiger partial charge < -0.3 is 10.1 Å². The molecule has 1 heterocycles. The Labute approximate surface area is 119 Å². The predicted molar refractivity (Wildman–Crippen MR) is 76.1 cm³/mol. The van der Waals surface area contributed by atoms with Gasteiger partial charge in [-0.05, 0) is 50.8 Å². The van der Waals surface area contributed by atoms with Crippen LogP contribution in [-0.2, 0) is 11.2 Å². The maximum atomic E-state index is 13.8. The lowest BCUT2D eigenvalue weighted by Gasteiger charge is -2.26. The number of benzene rings is 1. The maximum Gasteiger partial charge on any atom is 0.127 e. The maximum absolute atomic E-state index is 13.8. The second-order valence-electron chi connectivity index (χ2n) is 5.18. The molecule has 0 aromatic heterocycles. The molecule has 0 saturated carbocycles. The van der Waals surface area contributed by atoms with E-state index >= 15 is 0 Å². The summed E-state index contributed by atoms with van der Waals surface area (Å²) >= 11 is 6.09. The van der Waals surface area contributed by atoms with E-state index in [1.807, 2.05) is 7.05 Å². The zero-order chi connectivity index (χ0) is 13.7. The molecule has 1 aliphatic rings.